The van der Waals surface area contributed by atoms with E-state index >= 15 is 0 Å². The van der Waals surface area contributed by atoms with Crippen LogP contribution in [0, 0.1) is 6.92 Å². The Morgan fingerprint density at radius 2 is 1.66 bits per heavy atom. The largest absolute Gasteiger partial charge is 0.352 e. The van der Waals surface area contributed by atoms with E-state index in [2.05, 4.69) is 10.6 Å². The Hall–Kier alpha value is -3.49. The molecule has 0 saturated carbocycles. The molecule has 35 heavy (non-hydrogen) atoms. The molecule has 8 heteroatoms. The van der Waals surface area contributed by atoms with E-state index in [1.54, 1.807) is 12.1 Å². The van der Waals surface area contributed by atoms with Gasteiger partial charge in [-0.15, -0.1) is 0 Å². The quantitative estimate of drug-likeness (QED) is 0.523. The predicted octanol–water partition coefficient (Wildman–Crippen LogP) is 3.95. The lowest BCUT2D eigenvalue weighted by atomic mass is 9.92. The van der Waals surface area contributed by atoms with Crippen LogP contribution in [0.5, 0.6) is 0 Å². The SMILES string of the molecule is CC(=O)Nc1ccc(S(=O)(=O)N2CCc3ccccc3C2CC(=O)NCc2ccccc2C)cc1. The van der Waals surface area contributed by atoms with E-state index in [1.165, 1.54) is 23.4 Å². The fourth-order valence-electron chi connectivity index (χ4n) is 4.43. The number of rotatable bonds is 7. The number of anilines is 1. The van der Waals surface area contributed by atoms with Crippen molar-refractivity contribution in [1.82, 2.24) is 9.62 Å². The Kier molecular flexibility index (Phi) is 7.33. The highest BCUT2D eigenvalue weighted by molar-refractivity contribution is 7.89. The second kappa shape index (κ2) is 10.4. The van der Waals surface area contributed by atoms with Crippen molar-refractivity contribution < 1.29 is 18.0 Å². The zero-order chi connectivity index (χ0) is 25.0. The highest BCUT2D eigenvalue weighted by atomic mass is 32.2. The number of nitrogens with zero attached hydrogens (tertiary/aromatic N) is 1. The molecule has 3 aromatic carbocycles. The number of hydrogen-bond acceptors (Lipinski definition) is 4. The maximum Gasteiger partial charge on any atom is 0.243 e. The summed E-state index contributed by atoms with van der Waals surface area (Å²) in [7, 11) is -3.88. The molecule has 0 radical (unpaired) electrons. The van der Waals surface area contributed by atoms with Gasteiger partial charge in [-0.1, -0.05) is 48.5 Å². The summed E-state index contributed by atoms with van der Waals surface area (Å²) in [4.78, 5) is 24.4. The Morgan fingerprint density at radius 1 is 0.971 bits per heavy atom. The van der Waals surface area contributed by atoms with Crippen molar-refractivity contribution in [2.24, 2.45) is 0 Å². The molecule has 7 nitrogen and oxygen atoms in total. The smallest absolute Gasteiger partial charge is 0.243 e. The highest BCUT2D eigenvalue weighted by Gasteiger charge is 2.37. The first-order valence-electron chi connectivity index (χ1n) is 11.5. The number of benzene rings is 3. The summed E-state index contributed by atoms with van der Waals surface area (Å²) in [6.07, 6.45) is 0.590. The van der Waals surface area contributed by atoms with Crippen molar-refractivity contribution in [1.29, 1.82) is 0 Å². The van der Waals surface area contributed by atoms with E-state index in [-0.39, 0.29) is 29.7 Å². The molecular weight excluding hydrogens is 462 g/mol. The van der Waals surface area contributed by atoms with Crippen LogP contribution in [0.4, 0.5) is 5.69 Å². The molecule has 1 atom stereocenters. The van der Waals surface area contributed by atoms with Gasteiger partial charge in [0.1, 0.15) is 0 Å². The van der Waals surface area contributed by atoms with Gasteiger partial charge >= 0.3 is 0 Å². The zero-order valence-electron chi connectivity index (χ0n) is 19.8. The van der Waals surface area contributed by atoms with Crippen molar-refractivity contribution >= 4 is 27.5 Å². The van der Waals surface area contributed by atoms with Crippen LogP contribution in [0.15, 0.2) is 77.7 Å². The van der Waals surface area contributed by atoms with Gasteiger partial charge in [0, 0.05) is 32.1 Å². The second-order valence-corrected chi connectivity index (χ2v) is 10.6. The number of sulfonamides is 1. The van der Waals surface area contributed by atoms with Crippen LogP contribution in [-0.2, 0) is 32.6 Å². The normalized spacial score (nSPS) is 15.8. The van der Waals surface area contributed by atoms with Crippen LogP contribution in [0.3, 0.4) is 0 Å². The fourth-order valence-corrected chi connectivity index (χ4v) is 6.03. The molecule has 1 aliphatic heterocycles. The molecule has 2 amide bonds. The third-order valence-electron chi connectivity index (χ3n) is 6.26. The molecule has 1 unspecified atom stereocenters. The van der Waals surface area contributed by atoms with Gasteiger partial charge in [0.2, 0.25) is 21.8 Å². The van der Waals surface area contributed by atoms with E-state index in [0.717, 1.165) is 22.3 Å². The second-order valence-electron chi connectivity index (χ2n) is 8.69. The molecule has 0 bridgehead atoms. The van der Waals surface area contributed by atoms with Gasteiger partial charge in [-0.2, -0.15) is 4.31 Å². The first kappa shape index (κ1) is 24.6. The number of aryl methyl sites for hydroxylation is 1. The number of nitrogens with one attached hydrogen (secondary N) is 2. The van der Waals surface area contributed by atoms with Gasteiger partial charge in [0.15, 0.2) is 0 Å². The molecule has 0 saturated heterocycles. The lowest BCUT2D eigenvalue weighted by Gasteiger charge is -2.36. The number of amides is 2. The highest BCUT2D eigenvalue weighted by Crippen LogP contribution is 2.36. The molecule has 1 heterocycles. The maximum absolute atomic E-state index is 13.7. The van der Waals surface area contributed by atoms with Gasteiger partial charge in [0.25, 0.3) is 0 Å². The van der Waals surface area contributed by atoms with Crippen molar-refractivity contribution in [2.75, 3.05) is 11.9 Å². The maximum atomic E-state index is 13.7. The Morgan fingerprint density at radius 3 is 2.37 bits per heavy atom. The third-order valence-corrected chi connectivity index (χ3v) is 8.18. The van der Waals surface area contributed by atoms with E-state index in [9.17, 15) is 18.0 Å². The summed E-state index contributed by atoms with van der Waals surface area (Å²) in [6.45, 7) is 4.05. The first-order valence-corrected chi connectivity index (χ1v) is 13.0. The summed E-state index contributed by atoms with van der Waals surface area (Å²) in [6, 6.07) is 21.0. The summed E-state index contributed by atoms with van der Waals surface area (Å²) in [5.74, 6) is -0.443. The lowest BCUT2D eigenvalue weighted by Crippen LogP contribution is -2.42. The first-order chi connectivity index (χ1) is 16.8. The average molecular weight is 492 g/mol. The lowest BCUT2D eigenvalue weighted by molar-refractivity contribution is -0.122. The molecule has 0 aromatic heterocycles. The number of fused-ring (bicyclic) bond motifs is 1. The zero-order valence-corrected chi connectivity index (χ0v) is 20.6. The minimum atomic E-state index is -3.88. The Bertz CT molecular complexity index is 1340. The number of carbonyl (C=O) groups is 2. The third kappa shape index (κ3) is 5.61. The van der Waals surface area contributed by atoms with Gasteiger partial charge < -0.3 is 10.6 Å². The summed E-state index contributed by atoms with van der Waals surface area (Å²) >= 11 is 0. The topological polar surface area (TPSA) is 95.6 Å². The van der Waals surface area contributed by atoms with Crippen LogP contribution in [0.25, 0.3) is 0 Å². The molecule has 0 spiro atoms. The standard InChI is InChI=1S/C27H29N3O4S/c1-19-7-3-4-9-22(19)18-28-27(32)17-26-25-10-6-5-8-21(25)15-16-30(26)35(33,34)24-13-11-23(12-14-24)29-20(2)31/h3-14,26H,15-18H2,1-2H3,(H,28,32)(H,29,31). The summed E-state index contributed by atoms with van der Waals surface area (Å²) in [5, 5.41) is 5.60. The van der Waals surface area contributed by atoms with E-state index in [1.807, 2.05) is 55.5 Å². The number of carbonyl (C=O) groups excluding carboxylic acids is 2. The molecule has 3 aromatic rings. The van der Waals surface area contributed by atoms with E-state index < -0.39 is 16.1 Å². The monoisotopic (exact) mass is 491 g/mol. The predicted molar refractivity (Wildman–Crippen MR) is 135 cm³/mol. The number of hydrogen-bond donors (Lipinski definition) is 2. The van der Waals surface area contributed by atoms with Crippen LogP contribution in [0.2, 0.25) is 0 Å². The van der Waals surface area contributed by atoms with Crippen molar-refractivity contribution in [3.05, 3.63) is 95.1 Å². The Labute approximate surface area is 206 Å². The van der Waals surface area contributed by atoms with Crippen molar-refractivity contribution in [3.8, 4) is 0 Å². The van der Waals surface area contributed by atoms with E-state index in [0.29, 0.717) is 18.7 Å². The Balaban J connectivity index is 1.58. The van der Waals surface area contributed by atoms with Gasteiger partial charge in [-0.05, 0) is 59.9 Å². The summed E-state index contributed by atoms with van der Waals surface area (Å²) in [5.41, 5.74) is 4.53. The minimum absolute atomic E-state index is 0.0199. The molecule has 1 aliphatic rings. The van der Waals surface area contributed by atoms with Crippen molar-refractivity contribution in [3.63, 3.8) is 0 Å². The van der Waals surface area contributed by atoms with Crippen LogP contribution >= 0.6 is 0 Å². The average Bonchev–Trinajstić information content (AvgIpc) is 2.83. The van der Waals surface area contributed by atoms with Crippen LogP contribution in [0.1, 0.15) is 41.6 Å². The van der Waals surface area contributed by atoms with Crippen molar-refractivity contribution in [2.45, 2.75) is 44.2 Å². The molecular formula is C27H29N3O4S. The van der Waals surface area contributed by atoms with E-state index in [4.69, 9.17) is 0 Å². The van der Waals surface area contributed by atoms with Gasteiger partial charge in [-0.25, -0.2) is 8.42 Å². The summed E-state index contributed by atoms with van der Waals surface area (Å²) < 4.78 is 28.7. The molecule has 182 valence electrons. The van der Waals surface area contributed by atoms with Gasteiger partial charge in [0.05, 0.1) is 10.9 Å². The van der Waals surface area contributed by atoms with Gasteiger partial charge in [-0.3, -0.25) is 9.59 Å². The molecule has 4 rings (SSSR count). The van der Waals surface area contributed by atoms with Crippen LogP contribution < -0.4 is 10.6 Å². The molecule has 2 N–H and O–H groups in total. The molecule has 0 aliphatic carbocycles. The van der Waals surface area contributed by atoms with Crippen LogP contribution in [-0.4, -0.2) is 31.1 Å². The minimum Gasteiger partial charge on any atom is -0.352 e. The molecule has 0 fully saturated rings. The fraction of sp³-hybridized carbons (Fsp3) is 0.259.